The SMILES string of the molecule is CCCCCCCCCCCCCCCCCCCCCC(=O)OCCCCCCCCCCCCCC/C=C\CCCCCCCCCCCCCCCCC(=O)NC(CO)C(O)CCCCCCCCCCCCCCCCC. The first-order valence-electron chi connectivity index (χ1n) is 37.4. The van der Waals surface area contributed by atoms with Crippen molar-refractivity contribution >= 4 is 11.9 Å². The molecule has 0 saturated carbocycles. The lowest BCUT2D eigenvalue weighted by molar-refractivity contribution is -0.143. The Balaban J connectivity index is 3.33. The minimum Gasteiger partial charge on any atom is -0.466 e. The van der Waals surface area contributed by atoms with E-state index in [1.165, 1.54) is 360 Å². The maximum Gasteiger partial charge on any atom is 0.305 e. The van der Waals surface area contributed by atoms with Gasteiger partial charge in [0, 0.05) is 12.8 Å². The fraction of sp³-hybridized carbons (Fsp3) is 0.947. The molecule has 0 radical (unpaired) electrons. The number of ether oxygens (including phenoxy) is 1. The lowest BCUT2D eigenvalue weighted by atomic mass is 10.0. The van der Waals surface area contributed by atoms with Crippen LogP contribution in [0.15, 0.2) is 12.2 Å². The van der Waals surface area contributed by atoms with E-state index in [9.17, 15) is 19.8 Å². The number of hydrogen-bond donors (Lipinski definition) is 3. The second-order valence-corrected chi connectivity index (χ2v) is 26.0. The van der Waals surface area contributed by atoms with Crippen molar-refractivity contribution in [3.05, 3.63) is 12.2 Å². The number of unbranched alkanes of at least 4 members (excludes halogenated alkanes) is 58. The summed E-state index contributed by atoms with van der Waals surface area (Å²) in [5.74, 6) is -0.00684. The quantitative estimate of drug-likeness (QED) is 0.0320. The minimum atomic E-state index is -0.662. The van der Waals surface area contributed by atoms with Crippen LogP contribution in [-0.4, -0.2) is 47.4 Å². The third kappa shape index (κ3) is 67.6. The molecule has 0 aromatic heterocycles. The normalized spacial score (nSPS) is 12.5. The van der Waals surface area contributed by atoms with Gasteiger partial charge in [-0.1, -0.05) is 379 Å². The highest BCUT2D eigenvalue weighted by molar-refractivity contribution is 5.76. The Kier molecular flexibility index (Phi) is 69.9. The van der Waals surface area contributed by atoms with E-state index in [0.29, 0.717) is 25.9 Å². The van der Waals surface area contributed by atoms with Crippen LogP contribution in [-0.2, 0) is 14.3 Å². The molecule has 0 heterocycles. The topological polar surface area (TPSA) is 95.9 Å². The van der Waals surface area contributed by atoms with Crippen LogP contribution in [0.2, 0.25) is 0 Å². The average Bonchev–Trinajstić information content (AvgIpc) is 3.47. The number of aliphatic hydroxyl groups excluding tert-OH is 2. The molecule has 0 bridgehead atoms. The van der Waals surface area contributed by atoms with Gasteiger partial charge in [-0.25, -0.2) is 0 Å². The summed E-state index contributed by atoms with van der Waals surface area (Å²) in [6, 6.07) is -0.539. The molecule has 3 N–H and O–H groups in total. The van der Waals surface area contributed by atoms with Gasteiger partial charge >= 0.3 is 5.97 Å². The summed E-state index contributed by atoms with van der Waals surface area (Å²) in [5, 5.41) is 23.3. The predicted octanol–water partition coefficient (Wildman–Crippen LogP) is 24.3. The maximum atomic E-state index is 12.5. The first-order chi connectivity index (χ1) is 40.0. The van der Waals surface area contributed by atoms with Crippen LogP contribution in [0.1, 0.15) is 431 Å². The van der Waals surface area contributed by atoms with Crippen molar-refractivity contribution in [1.82, 2.24) is 5.32 Å². The van der Waals surface area contributed by atoms with Gasteiger partial charge < -0.3 is 20.3 Å². The monoisotopic (exact) mass is 1140 g/mol. The second-order valence-electron chi connectivity index (χ2n) is 26.0. The molecule has 81 heavy (non-hydrogen) atoms. The number of nitrogens with one attached hydrogen (secondary N) is 1. The number of allylic oxidation sites excluding steroid dienone is 2. The molecule has 0 aliphatic heterocycles. The number of aliphatic hydroxyl groups is 2. The van der Waals surface area contributed by atoms with Gasteiger partial charge in [0.15, 0.2) is 0 Å². The van der Waals surface area contributed by atoms with Crippen molar-refractivity contribution in [2.45, 2.75) is 443 Å². The second kappa shape index (κ2) is 71.1. The predicted molar refractivity (Wildman–Crippen MR) is 357 cm³/mol. The molecule has 2 atom stereocenters. The van der Waals surface area contributed by atoms with Crippen molar-refractivity contribution in [3.63, 3.8) is 0 Å². The first-order valence-corrected chi connectivity index (χ1v) is 37.4. The van der Waals surface area contributed by atoms with Gasteiger partial charge in [-0.2, -0.15) is 0 Å². The van der Waals surface area contributed by atoms with Gasteiger partial charge in [-0.05, 0) is 51.4 Å². The molecule has 0 fully saturated rings. The summed E-state index contributed by atoms with van der Waals surface area (Å²) in [6.45, 7) is 5.00. The molecule has 1 amide bonds. The molecule has 0 aromatic rings. The van der Waals surface area contributed by atoms with E-state index < -0.39 is 12.1 Å². The Morgan fingerprint density at radius 3 is 0.877 bits per heavy atom. The Morgan fingerprint density at radius 1 is 0.333 bits per heavy atom. The Morgan fingerprint density at radius 2 is 0.580 bits per heavy atom. The van der Waals surface area contributed by atoms with Crippen molar-refractivity contribution in [3.8, 4) is 0 Å². The molecule has 0 aromatic carbocycles. The Labute approximate surface area is 508 Å². The number of esters is 1. The van der Waals surface area contributed by atoms with Crippen molar-refractivity contribution in [1.29, 1.82) is 0 Å². The molecule has 482 valence electrons. The lowest BCUT2D eigenvalue weighted by Gasteiger charge is -2.22. The van der Waals surface area contributed by atoms with E-state index in [4.69, 9.17) is 4.74 Å². The van der Waals surface area contributed by atoms with E-state index >= 15 is 0 Å². The minimum absolute atomic E-state index is 0.0231. The van der Waals surface area contributed by atoms with Crippen LogP contribution >= 0.6 is 0 Å². The van der Waals surface area contributed by atoms with Crippen LogP contribution in [0.25, 0.3) is 0 Å². The molecule has 0 saturated heterocycles. The van der Waals surface area contributed by atoms with Crippen LogP contribution in [0.3, 0.4) is 0 Å². The third-order valence-electron chi connectivity index (χ3n) is 17.8. The van der Waals surface area contributed by atoms with E-state index in [1.54, 1.807) is 0 Å². The molecular weight excluding hydrogens is 995 g/mol. The van der Waals surface area contributed by atoms with E-state index in [-0.39, 0.29) is 18.5 Å². The number of hydrogen-bond acceptors (Lipinski definition) is 5. The summed E-state index contributed by atoms with van der Waals surface area (Å²) >= 11 is 0. The van der Waals surface area contributed by atoms with Crippen molar-refractivity contribution in [2.75, 3.05) is 13.2 Å². The summed E-state index contributed by atoms with van der Waals surface area (Å²) in [4.78, 5) is 24.6. The van der Waals surface area contributed by atoms with E-state index in [1.807, 2.05) is 0 Å². The molecule has 0 rings (SSSR count). The van der Waals surface area contributed by atoms with Gasteiger partial charge in [0.2, 0.25) is 5.91 Å². The van der Waals surface area contributed by atoms with Crippen LogP contribution < -0.4 is 5.32 Å². The zero-order valence-corrected chi connectivity index (χ0v) is 55.3. The Bertz CT molecular complexity index is 1220. The molecule has 2 unspecified atom stereocenters. The van der Waals surface area contributed by atoms with Gasteiger partial charge in [0.1, 0.15) is 0 Å². The number of amides is 1. The molecule has 6 heteroatoms. The summed E-state index contributed by atoms with van der Waals surface area (Å²) < 4.78 is 5.52. The van der Waals surface area contributed by atoms with E-state index in [2.05, 4.69) is 31.3 Å². The highest BCUT2D eigenvalue weighted by Gasteiger charge is 2.20. The highest BCUT2D eigenvalue weighted by atomic mass is 16.5. The molecule has 0 spiro atoms. The van der Waals surface area contributed by atoms with Crippen molar-refractivity contribution < 1.29 is 24.5 Å². The molecule has 0 aliphatic rings. The van der Waals surface area contributed by atoms with Gasteiger partial charge in [0.25, 0.3) is 0 Å². The number of carbonyl (C=O) groups is 2. The zero-order valence-electron chi connectivity index (χ0n) is 55.3. The molecule has 6 nitrogen and oxygen atoms in total. The summed E-state index contributed by atoms with van der Waals surface area (Å²) in [6.07, 6.45) is 88.5. The van der Waals surface area contributed by atoms with Gasteiger partial charge in [-0.15, -0.1) is 0 Å². The lowest BCUT2D eigenvalue weighted by Crippen LogP contribution is -2.45. The van der Waals surface area contributed by atoms with E-state index in [0.717, 1.165) is 38.5 Å². The highest BCUT2D eigenvalue weighted by Crippen LogP contribution is 2.20. The smallest absolute Gasteiger partial charge is 0.305 e. The zero-order chi connectivity index (χ0) is 58.5. The molecule has 0 aliphatic carbocycles. The van der Waals surface area contributed by atoms with Crippen molar-refractivity contribution in [2.24, 2.45) is 0 Å². The van der Waals surface area contributed by atoms with Gasteiger partial charge in [-0.3, -0.25) is 9.59 Å². The number of rotatable bonds is 71. The van der Waals surface area contributed by atoms with Crippen LogP contribution in [0.4, 0.5) is 0 Å². The maximum absolute atomic E-state index is 12.5. The number of carbonyl (C=O) groups excluding carboxylic acids is 2. The van der Waals surface area contributed by atoms with Crippen LogP contribution in [0, 0.1) is 0 Å². The standard InChI is InChI=1S/C75H147NO5/c1-3-5-7-9-11-13-15-17-19-20-33-37-41-45-49-53-57-61-65-69-75(80)81-70-66-62-58-54-50-46-42-38-35-32-30-28-26-24-22-21-23-25-27-29-31-34-36-40-44-48-52-56-60-64-68-74(79)76-72(71-77)73(78)67-63-59-55-51-47-43-39-18-16-14-12-10-8-6-4-2/h22,24,72-73,77-78H,3-21,23,25-71H2,1-2H3,(H,76,79)/b24-22-. The fourth-order valence-corrected chi connectivity index (χ4v) is 12.1. The first kappa shape index (κ1) is 79.6. The van der Waals surface area contributed by atoms with Gasteiger partial charge in [0.05, 0.1) is 25.4 Å². The third-order valence-corrected chi connectivity index (χ3v) is 17.8. The largest absolute Gasteiger partial charge is 0.466 e. The summed E-state index contributed by atoms with van der Waals surface area (Å²) in [5.41, 5.74) is 0. The van der Waals surface area contributed by atoms with Crippen LogP contribution in [0.5, 0.6) is 0 Å². The molecular formula is C75H147NO5. The fourth-order valence-electron chi connectivity index (χ4n) is 12.1. The average molecular weight is 1140 g/mol. The Hall–Kier alpha value is -1.40. The summed E-state index contributed by atoms with van der Waals surface area (Å²) in [7, 11) is 0.